The summed E-state index contributed by atoms with van der Waals surface area (Å²) >= 11 is 1.48. The molecule has 1 saturated heterocycles. The van der Waals surface area contributed by atoms with Crippen molar-refractivity contribution < 1.29 is 24.1 Å². The van der Waals surface area contributed by atoms with Crippen LogP contribution in [0.5, 0.6) is 0 Å². The van der Waals surface area contributed by atoms with Crippen LogP contribution in [0.2, 0.25) is 0 Å². The highest BCUT2D eigenvalue weighted by Gasteiger charge is 2.51. The number of carbonyl (C=O) groups is 1. The Morgan fingerprint density at radius 1 is 0.840 bits per heavy atom. The first-order valence-electron chi connectivity index (χ1n) is 18.0. The lowest BCUT2D eigenvalue weighted by molar-refractivity contribution is -0.645. The van der Waals surface area contributed by atoms with E-state index < -0.39 is 6.29 Å². The molecule has 9 rings (SSSR count). The van der Waals surface area contributed by atoms with Gasteiger partial charge in [-0.1, -0.05) is 84.6 Å². The van der Waals surface area contributed by atoms with Crippen molar-refractivity contribution in [2.75, 3.05) is 5.75 Å². The lowest BCUT2D eigenvalue weighted by Crippen LogP contribution is -2.61. The molecule has 0 unspecified atom stereocenters. The second kappa shape index (κ2) is 14.4. The van der Waals surface area contributed by atoms with Crippen LogP contribution in [0.15, 0.2) is 102 Å². The number of carbonyl (C=O) groups excluding carboxylic acids is 1. The molecular formula is C41H45N3O5S. The van der Waals surface area contributed by atoms with Gasteiger partial charge in [0.15, 0.2) is 12.5 Å². The molecule has 3 aromatic carbocycles. The Hall–Kier alpha value is -3.89. The third kappa shape index (κ3) is 7.28. The molecule has 2 heterocycles. The summed E-state index contributed by atoms with van der Waals surface area (Å²) in [5, 5.41) is 29.1. The Balaban J connectivity index is 0.952. The van der Waals surface area contributed by atoms with Gasteiger partial charge in [0, 0.05) is 42.0 Å². The van der Waals surface area contributed by atoms with Crippen molar-refractivity contribution in [1.82, 2.24) is 10.6 Å². The number of thioether (sulfide) groups is 1. The molecule has 2 amide bonds. The zero-order chi connectivity index (χ0) is 34.1. The standard InChI is InChI=1S/C41H45N3O5S/c45-25-27-8-10-32(11-9-27)37-20-35(26-50-38-7-3-4-16-44(38)47)48-39(49-37)33-14-12-31(13-15-33)36-6-2-1-5-34(36)24-42-40(46)43-41-21-28-17-29(22-41)19-30(18-28)23-41/h1-16,28-30,35,37,39,45H,17-26H2,(H2,42,43,46)/t28?,29?,30?,35-,37+,39+,41?/m1/s1. The third-order valence-corrected chi connectivity index (χ3v) is 12.3. The molecule has 4 aromatic rings. The van der Waals surface area contributed by atoms with E-state index in [1.807, 2.05) is 60.7 Å². The average molecular weight is 692 g/mol. The topological polar surface area (TPSA) is 107 Å². The van der Waals surface area contributed by atoms with E-state index in [2.05, 4.69) is 34.9 Å². The molecule has 8 nitrogen and oxygen atoms in total. The first-order valence-corrected chi connectivity index (χ1v) is 19.0. The van der Waals surface area contributed by atoms with Gasteiger partial charge in [0.25, 0.3) is 5.03 Å². The first kappa shape index (κ1) is 33.3. The number of amides is 2. The molecule has 0 spiro atoms. The van der Waals surface area contributed by atoms with Gasteiger partial charge in [-0.25, -0.2) is 4.79 Å². The molecule has 5 fully saturated rings. The minimum atomic E-state index is -0.591. The molecule has 50 heavy (non-hydrogen) atoms. The molecule has 9 heteroatoms. The van der Waals surface area contributed by atoms with Crippen LogP contribution in [0.4, 0.5) is 4.79 Å². The van der Waals surface area contributed by atoms with Crippen LogP contribution in [-0.2, 0) is 22.6 Å². The number of rotatable bonds is 10. The summed E-state index contributed by atoms with van der Waals surface area (Å²) in [4.78, 5) is 13.2. The van der Waals surface area contributed by atoms with E-state index in [-0.39, 0.29) is 30.4 Å². The van der Waals surface area contributed by atoms with Crippen LogP contribution in [0.1, 0.15) is 79.6 Å². The van der Waals surface area contributed by atoms with E-state index in [4.69, 9.17) is 9.47 Å². The summed E-state index contributed by atoms with van der Waals surface area (Å²) < 4.78 is 14.0. The summed E-state index contributed by atoms with van der Waals surface area (Å²) in [7, 11) is 0. The molecule has 4 bridgehead atoms. The van der Waals surface area contributed by atoms with Crippen LogP contribution >= 0.6 is 11.8 Å². The highest BCUT2D eigenvalue weighted by Crippen LogP contribution is 2.55. The Kier molecular flexibility index (Phi) is 9.57. The minimum Gasteiger partial charge on any atom is -0.618 e. The molecule has 260 valence electrons. The SMILES string of the molecule is O=C(NCc1ccccc1-c1ccc([C@H]2O[C@@H](CSc3cccc[n+]3[O-])C[C@@H](c3ccc(CO)cc3)O2)cc1)NC12CC3CC(CC(C3)C1)C2. The Labute approximate surface area is 298 Å². The zero-order valence-electron chi connectivity index (χ0n) is 28.2. The molecular weight excluding hydrogens is 647 g/mol. The fraction of sp³-hybridized carbons (Fsp3) is 0.415. The fourth-order valence-electron chi connectivity index (χ4n) is 9.23. The average Bonchev–Trinajstić information content (AvgIpc) is 3.13. The van der Waals surface area contributed by atoms with E-state index in [0.717, 1.165) is 75.1 Å². The van der Waals surface area contributed by atoms with Gasteiger partial charge >= 0.3 is 6.03 Å². The monoisotopic (exact) mass is 691 g/mol. The molecule has 4 saturated carbocycles. The second-order valence-corrected chi connectivity index (χ2v) is 15.9. The van der Waals surface area contributed by atoms with Crippen LogP contribution < -0.4 is 15.4 Å². The Morgan fingerprint density at radius 3 is 2.22 bits per heavy atom. The van der Waals surface area contributed by atoms with Crippen LogP contribution in [0.25, 0.3) is 11.1 Å². The zero-order valence-corrected chi connectivity index (χ0v) is 29.0. The van der Waals surface area contributed by atoms with Gasteiger partial charge in [-0.2, -0.15) is 4.73 Å². The van der Waals surface area contributed by atoms with E-state index in [0.29, 0.717) is 23.7 Å². The van der Waals surface area contributed by atoms with Gasteiger partial charge in [-0.15, -0.1) is 0 Å². The maximum Gasteiger partial charge on any atom is 0.315 e. The summed E-state index contributed by atoms with van der Waals surface area (Å²) in [5.41, 5.74) is 5.95. The van der Waals surface area contributed by atoms with Gasteiger partial charge in [0.2, 0.25) is 0 Å². The number of ether oxygens (including phenoxy) is 2. The third-order valence-electron chi connectivity index (χ3n) is 11.2. The fourth-order valence-corrected chi connectivity index (χ4v) is 10.2. The maximum atomic E-state index is 13.2. The molecule has 3 atom stereocenters. The number of pyridine rings is 1. The van der Waals surface area contributed by atoms with Gasteiger partial charge < -0.3 is 30.4 Å². The van der Waals surface area contributed by atoms with Crippen molar-refractivity contribution in [1.29, 1.82) is 0 Å². The first-order chi connectivity index (χ1) is 24.4. The van der Waals surface area contributed by atoms with Gasteiger partial charge in [-0.05, 0) is 90.2 Å². The second-order valence-electron chi connectivity index (χ2n) is 14.8. The van der Waals surface area contributed by atoms with Crippen molar-refractivity contribution in [3.63, 3.8) is 0 Å². The molecule has 1 aliphatic heterocycles. The Morgan fingerprint density at radius 2 is 1.52 bits per heavy atom. The van der Waals surface area contributed by atoms with Crippen molar-refractivity contribution in [3.8, 4) is 11.1 Å². The van der Waals surface area contributed by atoms with E-state index in [1.54, 1.807) is 6.07 Å². The molecule has 5 aliphatic rings. The van der Waals surface area contributed by atoms with Crippen molar-refractivity contribution in [2.45, 2.75) is 87.2 Å². The van der Waals surface area contributed by atoms with Gasteiger partial charge in [-0.3, -0.25) is 0 Å². The number of nitrogens with zero attached hydrogens (tertiary/aromatic N) is 1. The quantitative estimate of drug-likeness (QED) is 0.0900. The number of aliphatic hydroxyl groups is 1. The number of aliphatic hydroxyl groups excluding tert-OH is 1. The normalized spacial score (nSPS) is 28.3. The molecule has 3 N–H and O–H groups in total. The number of hydrogen-bond acceptors (Lipinski definition) is 6. The predicted molar refractivity (Wildman–Crippen MR) is 193 cm³/mol. The van der Waals surface area contributed by atoms with Crippen LogP contribution in [-0.4, -0.2) is 28.5 Å². The van der Waals surface area contributed by atoms with Gasteiger partial charge in [0.1, 0.15) is 0 Å². The molecule has 4 aliphatic carbocycles. The van der Waals surface area contributed by atoms with Crippen LogP contribution in [0.3, 0.4) is 0 Å². The number of urea groups is 1. The van der Waals surface area contributed by atoms with E-state index in [1.165, 1.54) is 37.2 Å². The van der Waals surface area contributed by atoms with Crippen molar-refractivity contribution >= 4 is 17.8 Å². The largest absolute Gasteiger partial charge is 0.618 e. The lowest BCUT2D eigenvalue weighted by atomic mass is 9.53. The maximum absolute atomic E-state index is 13.2. The Bertz CT molecular complexity index is 1760. The lowest BCUT2D eigenvalue weighted by Gasteiger charge is -2.56. The number of hydrogen-bond donors (Lipinski definition) is 3. The highest BCUT2D eigenvalue weighted by molar-refractivity contribution is 7.99. The molecule has 1 aromatic heterocycles. The number of nitrogens with one attached hydrogen (secondary N) is 2. The summed E-state index contributed by atoms with van der Waals surface area (Å²) in [6.45, 7) is 0.440. The van der Waals surface area contributed by atoms with Crippen molar-refractivity contribution in [2.24, 2.45) is 17.8 Å². The van der Waals surface area contributed by atoms with Crippen LogP contribution in [0, 0.1) is 23.0 Å². The van der Waals surface area contributed by atoms with Crippen molar-refractivity contribution in [3.05, 3.63) is 125 Å². The number of aromatic nitrogens is 1. The summed E-state index contributed by atoms with van der Waals surface area (Å²) in [6, 6.07) is 29.7. The smallest absolute Gasteiger partial charge is 0.315 e. The highest BCUT2D eigenvalue weighted by atomic mass is 32.2. The van der Waals surface area contributed by atoms with Gasteiger partial charge in [0.05, 0.1) is 18.8 Å². The summed E-state index contributed by atoms with van der Waals surface area (Å²) in [5.74, 6) is 2.95. The predicted octanol–water partition coefficient (Wildman–Crippen LogP) is 7.59. The summed E-state index contributed by atoms with van der Waals surface area (Å²) in [6.07, 6.45) is 8.64. The van der Waals surface area contributed by atoms with E-state index >= 15 is 0 Å². The number of benzene rings is 3. The molecule has 0 radical (unpaired) electrons. The minimum absolute atomic E-state index is 0.0103. The van der Waals surface area contributed by atoms with E-state index in [9.17, 15) is 15.1 Å².